The molecule has 0 radical (unpaired) electrons. The van der Waals surface area contributed by atoms with Gasteiger partial charge in [-0.05, 0) is 42.9 Å². The van der Waals surface area contributed by atoms with E-state index < -0.39 is 13.3 Å². The van der Waals surface area contributed by atoms with Gasteiger partial charge in [0.05, 0.1) is 34.6 Å². The highest BCUT2D eigenvalue weighted by molar-refractivity contribution is 7.71. The number of hydrogen-bond donors (Lipinski definition) is 1. The Bertz CT molecular complexity index is 943. The highest BCUT2D eigenvalue weighted by Gasteiger charge is 2.23. The van der Waals surface area contributed by atoms with Gasteiger partial charge in [0.15, 0.2) is 0 Å². The second-order valence-corrected chi connectivity index (χ2v) is 8.23. The number of esters is 1. The Balaban J connectivity index is 2.48. The Morgan fingerprint density at radius 3 is 2.44 bits per heavy atom. The molecule has 1 atom stereocenters. The molecule has 0 bridgehead atoms. The molecule has 2 aromatic carbocycles. The van der Waals surface area contributed by atoms with Crippen LogP contribution in [0.25, 0.3) is 0 Å². The molecule has 27 heavy (non-hydrogen) atoms. The van der Waals surface area contributed by atoms with Gasteiger partial charge in [-0.2, -0.15) is 0 Å². The van der Waals surface area contributed by atoms with E-state index in [0.717, 1.165) is 5.69 Å². The van der Waals surface area contributed by atoms with E-state index in [1.807, 2.05) is 6.07 Å². The molecular formula is C19H18Cl2NO4P. The van der Waals surface area contributed by atoms with Gasteiger partial charge in [-0.25, -0.2) is 4.79 Å². The number of carbonyl (C=O) groups is 1. The van der Waals surface area contributed by atoms with Gasteiger partial charge in [-0.3, -0.25) is 4.57 Å². The van der Waals surface area contributed by atoms with Crippen LogP contribution in [0.4, 0.5) is 5.69 Å². The number of carbonyl (C=O) groups excluding carboxylic acids is 1. The fourth-order valence-electron chi connectivity index (χ4n) is 2.28. The lowest BCUT2D eigenvalue weighted by molar-refractivity contribution is 0.0601. The fraction of sp³-hybridized carbons (Fsp3) is 0.211. The molecular weight excluding hydrogens is 408 g/mol. The van der Waals surface area contributed by atoms with Crippen LogP contribution in [0, 0.1) is 11.6 Å². The number of halogens is 2. The number of ether oxygens (including phenoxy) is 1. The quantitative estimate of drug-likeness (QED) is 0.424. The number of nitrogens with one attached hydrogen (secondary N) is 1. The van der Waals surface area contributed by atoms with Crippen LogP contribution in [-0.2, 0) is 13.8 Å². The number of hydrogen-bond acceptors (Lipinski definition) is 5. The molecule has 0 aliphatic rings. The third-order valence-corrected chi connectivity index (χ3v) is 6.15. The maximum absolute atomic E-state index is 13.3. The Hall–Kier alpha value is -1.96. The van der Waals surface area contributed by atoms with E-state index in [9.17, 15) is 9.36 Å². The molecule has 0 saturated carbocycles. The summed E-state index contributed by atoms with van der Waals surface area (Å²) in [5.74, 6) is 2.15. The molecule has 0 aliphatic heterocycles. The van der Waals surface area contributed by atoms with Crippen molar-refractivity contribution in [3.63, 3.8) is 0 Å². The molecule has 8 heteroatoms. The normalized spacial score (nSPS) is 12.5. The molecule has 0 spiro atoms. The van der Waals surface area contributed by atoms with E-state index in [1.54, 1.807) is 32.2 Å². The largest absolute Gasteiger partial charge is 0.465 e. The first-order valence-corrected chi connectivity index (χ1v) is 10.4. The second-order valence-electron chi connectivity index (χ2n) is 5.31. The number of methoxy groups -OCH3 is 1. The Labute approximate surface area is 168 Å². The summed E-state index contributed by atoms with van der Waals surface area (Å²) in [6, 6.07) is 9.98. The van der Waals surface area contributed by atoms with Crippen LogP contribution in [0.2, 0.25) is 10.0 Å². The molecule has 2 rings (SSSR count). The van der Waals surface area contributed by atoms with Gasteiger partial charge in [-0.15, -0.1) is 0 Å². The highest BCUT2D eigenvalue weighted by Crippen LogP contribution is 2.45. The Kier molecular flexibility index (Phi) is 7.35. The minimum Gasteiger partial charge on any atom is -0.465 e. The molecule has 0 heterocycles. The van der Waals surface area contributed by atoms with Crippen molar-refractivity contribution >= 4 is 47.5 Å². The summed E-state index contributed by atoms with van der Waals surface area (Å²) in [7, 11) is -0.420. The third kappa shape index (κ3) is 5.06. The van der Waals surface area contributed by atoms with Crippen LogP contribution < -0.4 is 10.6 Å². The van der Waals surface area contributed by atoms with Crippen LogP contribution in [0.5, 0.6) is 0 Å². The van der Waals surface area contributed by atoms with E-state index in [1.165, 1.54) is 19.2 Å². The van der Waals surface area contributed by atoms with Crippen molar-refractivity contribution in [1.82, 2.24) is 0 Å². The van der Waals surface area contributed by atoms with Crippen LogP contribution in [0.3, 0.4) is 0 Å². The molecule has 5 nitrogen and oxygen atoms in total. The SMILES string of the molecule is CCOP(=O)(C#Cc1cc(Cl)c(C(=O)OC)c(Cl)c1)c1cccc(NC)c1. The van der Waals surface area contributed by atoms with E-state index in [0.29, 0.717) is 10.9 Å². The predicted molar refractivity (Wildman–Crippen MR) is 110 cm³/mol. The minimum atomic E-state index is -3.42. The highest BCUT2D eigenvalue weighted by atomic mass is 35.5. The first-order valence-electron chi connectivity index (χ1n) is 7.98. The molecule has 0 aliphatic carbocycles. The van der Waals surface area contributed by atoms with Crippen molar-refractivity contribution in [2.75, 3.05) is 26.1 Å². The van der Waals surface area contributed by atoms with Gasteiger partial charge in [0.25, 0.3) is 0 Å². The van der Waals surface area contributed by atoms with Crippen molar-refractivity contribution in [2.45, 2.75) is 6.92 Å². The fourth-order valence-corrected chi connectivity index (χ4v) is 4.49. The van der Waals surface area contributed by atoms with Gasteiger partial charge in [0, 0.05) is 18.3 Å². The maximum atomic E-state index is 13.3. The lowest BCUT2D eigenvalue weighted by Crippen LogP contribution is -2.07. The van der Waals surface area contributed by atoms with E-state index in [-0.39, 0.29) is 22.2 Å². The van der Waals surface area contributed by atoms with Gasteiger partial charge in [0.2, 0.25) is 0 Å². The van der Waals surface area contributed by atoms with Crippen molar-refractivity contribution in [1.29, 1.82) is 0 Å². The summed E-state index contributed by atoms with van der Waals surface area (Å²) >= 11 is 12.2. The second kappa shape index (κ2) is 9.30. The topological polar surface area (TPSA) is 64.6 Å². The molecule has 2 aromatic rings. The molecule has 0 aromatic heterocycles. The van der Waals surface area contributed by atoms with Crippen LogP contribution >= 0.6 is 30.6 Å². The summed E-state index contributed by atoms with van der Waals surface area (Å²) in [6.07, 6.45) is 0. The maximum Gasteiger partial charge on any atom is 0.340 e. The first kappa shape index (κ1) is 21.3. The summed E-state index contributed by atoms with van der Waals surface area (Å²) in [5.41, 5.74) is 3.98. The van der Waals surface area contributed by atoms with E-state index in [4.69, 9.17) is 27.7 Å². The summed E-state index contributed by atoms with van der Waals surface area (Å²) in [5, 5.41) is 3.67. The lowest BCUT2D eigenvalue weighted by Gasteiger charge is -2.13. The smallest absolute Gasteiger partial charge is 0.340 e. The van der Waals surface area contributed by atoms with E-state index >= 15 is 0 Å². The van der Waals surface area contributed by atoms with Gasteiger partial charge >= 0.3 is 13.3 Å². The predicted octanol–water partition coefficient (Wildman–Crippen LogP) is 4.77. The van der Waals surface area contributed by atoms with Crippen molar-refractivity contribution in [3.05, 3.63) is 57.6 Å². The molecule has 0 fully saturated rings. The number of rotatable bonds is 5. The Morgan fingerprint density at radius 2 is 1.89 bits per heavy atom. The molecule has 142 valence electrons. The first-order chi connectivity index (χ1) is 12.8. The zero-order chi connectivity index (χ0) is 20.0. The average Bonchev–Trinajstić information content (AvgIpc) is 2.66. The van der Waals surface area contributed by atoms with Crippen molar-refractivity contribution < 1.29 is 18.6 Å². The zero-order valence-corrected chi connectivity index (χ0v) is 17.4. The monoisotopic (exact) mass is 425 g/mol. The molecule has 0 amide bonds. The lowest BCUT2D eigenvalue weighted by atomic mass is 10.1. The van der Waals surface area contributed by atoms with Gasteiger partial charge in [0.1, 0.15) is 0 Å². The summed E-state index contributed by atoms with van der Waals surface area (Å²) in [6.45, 7) is 1.98. The standard InChI is InChI=1S/C19H18Cl2NO4P/c1-4-26-27(24,15-7-5-6-14(12-15)22-2)9-8-13-10-16(20)18(17(21)11-13)19(23)25-3/h5-7,10-12,22H,4H2,1-3H3. The average molecular weight is 426 g/mol. The van der Waals surface area contributed by atoms with Crippen molar-refractivity contribution in [2.24, 2.45) is 0 Å². The zero-order valence-electron chi connectivity index (χ0n) is 15.0. The Morgan fingerprint density at radius 1 is 1.22 bits per heavy atom. The molecule has 0 saturated heterocycles. The third-order valence-electron chi connectivity index (χ3n) is 3.56. The van der Waals surface area contributed by atoms with Gasteiger partial charge < -0.3 is 14.6 Å². The van der Waals surface area contributed by atoms with Gasteiger partial charge in [-0.1, -0.05) is 35.2 Å². The summed E-state index contributed by atoms with van der Waals surface area (Å²) in [4.78, 5) is 11.7. The van der Waals surface area contributed by atoms with E-state index in [2.05, 4.69) is 21.6 Å². The van der Waals surface area contributed by atoms with Crippen LogP contribution in [0.1, 0.15) is 22.8 Å². The molecule has 1 N–H and O–H groups in total. The van der Waals surface area contributed by atoms with Crippen molar-refractivity contribution in [3.8, 4) is 11.6 Å². The summed E-state index contributed by atoms with van der Waals surface area (Å²) < 4.78 is 23.4. The van der Waals surface area contributed by atoms with Crippen LogP contribution in [0.15, 0.2) is 36.4 Å². The number of anilines is 1. The molecule has 1 unspecified atom stereocenters. The number of benzene rings is 2. The minimum absolute atomic E-state index is 0.0566. The van der Waals surface area contributed by atoms with Crippen LogP contribution in [-0.4, -0.2) is 26.7 Å².